The molecule has 6 aromatic rings. The lowest BCUT2D eigenvalue weighted by atomic mass is 9.90. The molecule has 210 valence electrons. The van der Waals surface area contributed by atoms with E-state index in [1.54, 1.807) is 0 Å². The summed E-state index contributed by atoms with van der Waals surface area (Å²) < 4.78 is 0. The van der Waals surface area contributed by atoms with E-state index in [9.17, 15) is 10.5 Å². The minimum Gasteiger partial charge on any atom is -0.310 e. The second-order valence-electron chi connectivity index (χ2n) is 11.5. The predicted molar refractivity (Wildman–Crippen MR) is 182 cm³/mol. The number of hydrogen-bond donors (Lipinski definition) is 0. The summed E-state index contributed by atoms with van der Waals surface area (Å²) in [5.74, 6) is 0. The van der Waals surface area contributed by atoms with Gasteiger partial charge in [0.15, 0.2) is 0 Å². The quantitative estimate of drug-likeness (QED) is 0.154. The van der Waals surface area contributed by atoms with Crippen LogP contribution in [-0.4, -0.2) is 0 Å². The highest BCUT2D eigenvalue weighted by atomic mass is 15.1. The third-order valence-electron chi connectivity index (χ3n) is 8.80. The summed E-state index contributed by atoms with van der Waals surface area (Å²) >= 11 is 0. The van der Waals surface area contributed by atoms with Gasteiger partial charge in [-0.05, 0) is 91.3 Å². The first-order chi connectivity index (χ1) is 21.6. The zero-order valence-corrected chi connectivity index (χ0v) is 24.7. The van der Waals surface area contributed by atoms with Crippen LogP contribution in [0.1, 0.15) is 51.8 Å². The minimum absolute atomic E-state index is 0.605. The maximum absolute atomic E-state index is 10.1. The highest BCUT2D eigenvalue weighted by Crippen LogP contribution is 2.40. The van der Waals surface area contributed by atoms with Crippen molar-refractivity contribution >= 4 is 50.8 Å². The summed E-state index contributed by atoms with van der Waals surface area (Å²) in [6, 6.07) is 42.6. The largest absolute Gasteiger partial charge is 0.310 e. The van der Waals surface area contributed by atoms with Crippen molar-refractivity contribution < 1.29 is 0 Å². The Labute approximate surface area is 258 Å². The van der Waals surface area contributed by atoms with E-state index in [0.717, 1.165) is 56.9 Å². The molecule has 7 rings (SSSR count). The zero-order chi connectivity index (χ0) is 30.0. The third kappa shape index (κ3) is 4.90. The average molecular weight is 566 g/mol. The van der Waals surface area contributed by atoms with E-state index in [-0.39, 0.29) is 0 Å². The van der Waals surface area contributed by atoms with Crippen LogP contribution in [0.3, 0.4) is 0 Å². The van der Waals surface area contributed by atoms with E-state index in [2.05, 4.69) is 103 Å². The molecule has 1 aliphatic carbocycles. The summed E-state index contributed by atoms with van der Waals surface area (Å²) in [6.45, 7) is 2.13. The molecule has 0 aliphatic heterocycles. The molecule has 0 fully saturated rings. The summed E-state index contributed by atoms with van der Waals surface area (Å²) in [5.41, 5.74) is 11.0. The van der Waals surface area contributed by atoms with Gasteiger partial charge in [0.25, 0.3) is 0 Å². The van der Waals surface area contributed by atoms with E-state index in [0.29, 0.717) is 11.1 Å². The van der Waals surface area contributed by atoms with Crippen molar-refractivity contribution in [1.82, 2.24) is 0 Å². The first-order valence-electron chi connectivity index (χ1n) is 15.2. The molecule has 44 heavy (non-hydrogen) atoms. The van der Waals surface area contributed by atoms with Crippen molar-refractivity contribution in [3.63, 3.8) is 0 Å². The lowest BCUT2D eigenvalue weighted by Gasteiger charge is -2.30. The van der Waals surface area contributed by atoms with E-state index in [4.69, 9.17) is 0 Å². The van der Waals surface area contributed by atoms with Gasteiger partial charge in [-0.25, -0.2) is 0 Å². The molecule has 0 radical (unpaired) electrons. The van der Waals surface area contributed by atoms with Crippen LogP contribution >= 0.6 is 0 Å². The standard InChI is InChI=1S/C41H31N3/c1-28-13-20-32(21-14-28)44(41-12-6-8-31-7-2-3-9-34(31)41)33-22-17-29(18-23-33)15-16-30-19-24-37-38(25-30)40(27-43)36-11-5-4-10-35(36)39(37)26-42/h4-6,8,10-25H,2-3,7,9H2,1H3. The lowest BCUT2D eigenvalue weighted by Crippen LogP contribution is -2.15. The van der Waals surface area contributed by atoms with Crippen LogP contribution in [0.5, 0.6) is 0 Å². The molecule has 0 aromatic heterocycles. The first-order valence-corrected chi connectivity index (χ1v) is 15.2. The maximum atomic E-state index is 10.1. The molecule has 6 aromatic carbocycles. The van der Waals surface area contributed by atoms with Gasteiger partial charge in [-0.2, -0.15) is 10.5 Å². The van der Waals surface area contributed by atoms with E-state index >= 15 is 0 Å². The van der Waals surface area contributed by atoms with Crippen LogP contribution in [0, 0.1) is 29.6 Å². The number of aryl methyl sites for hydroxylation is 2. The SMILES string of the molecule is Cc1ccc(N(c2ccc(C=Cc3ccc4c(C#N)c5ccccc5c(C#N)c4c3)cc2)c2cccc3c2CCCC3)cc1. The first kappa shape index (κ1) is 27.2. The molecular weight excluding hydrogens is 534 g/mol. The van der Waals surface area contributed by atoms with Crippen LogP contribution in [0.4, 0.5) is 17.1 Å². The van der Waals surface area contributed by atoms with Crippen molar-refractivity contribution in [2.24, 2.45) is 0 Å². The highest BCUT2D eigenvalue weighted by Gasteiger charge is 2.20. The molecule has 0 amide bonds. The Bertz CT molecular complexity index is 2140. The molecule has 0 atom stereocenters. The Morgan fingerprint density at radius 3 is 1.89 bits per heavy atom. The van der Waals surface area contributed by atoms with Crippen LogP contribution in [0.25, 0.3) is 33.7 Å². The molecule has 3 nitrogen and oxygen atoms in total. The van der Waals surface area contributed by atoms with E-state index in [1.165, 1.54) is 35.2 Å². The molecule has 0 spiro atoms. The maximum Gasteiger partial charge on any atom is 0.100 e. The molecule has 3 heteroatoms. The number of anilines is 3. The molecule has 0 saturated heterocycles. The second-order valence-corrected chi connectivity index (χ2v) is 11.5. The van der Waals surface area contributed by atoms with Crippen LogP contribution in [0.2, 0.25) is 0 Å². The fourth-order valence-corrected chi connectivity index (χ4v) is 6.56. The average Bonchev–Trinajstić information content (AvgIpc) is 3.07. The van der Waals surface area contributed by atoms with Gasteiger partial charge in [0.05, 0.1) is 11.1 Å². The van der Waals surface area contributed by atoms with Gasteiger partial charge in [-0.3, -0.25) is 0 Å². The van der Waals surface area contributed by atoms with Crippen LogP contribution in [-0.2, 0) is 12.8 Å². The fourth-order valence-electron chi connectivity index (χ4n) is 6.56. The van der Waals surface area contributed by atoms with E-state index < -0.39 is 0 Å². The van der Waals surface area contributed by atoms with Gasteiger partial charge in [-0.15, -0.1) is 0 Å². The fraction of sp³-hybridized carbons (Fsp3) is 0.122. The van der Waals surface area contributed by atoms with Crippen molar-refractivity contribution in [2.45, 2.75) is 32.6 Å². The molecule has 0 heterocycles. The van der Waals surface area contributed by atoms with Gasteiger partial charge < -0.3 is 4.90 Å². The second kappa shape index (κ2) is 11.6. The Morgan fingerprint density at radius 2 is 1.18 bits per heavy atom. The van der Waals surface area contributed by atoms with Gasteiger partial charge in [0.1, 0.15) is 12.1 Å². The molecule has 0 saturated carbocycles. The molecule has 1 aliphatic rings. The Hall–Kier alpha value is -5.64. The van der Waals surface area contributed by atoms with Crippen molar-refractivity contribution in [1.29, 1.82) is 10.5 Å². The third-order valence-corrected chi connectivity index (χ3v) is 8.80. The molecular formula is C41H31N3. The highest BCUT2D eigenvalue weighted by molar-refractivity contribution is 6.09. The summed E-state index contributed by atoms with van der Waals surface area (Å²) in [4.78, 5) is 2.39. The predicted octanol–water partition coefficient (Wildman–Crippen LogP) is 10.6. The van der Waals surface area contributed by atoms with Crippen molar-refractivity contribution in [3.05, 3.63) is 148 Å². The van der Waals surface area contributed by atoms with Crippen LogP contribution in [0.15, 0.2) is 109 Å². The summed E-state index contributed by atoms with van der Waals surface area (Å²) in [7, 11) is 0. The number of benzene rings is 6. The van der Waals surface area contributed by atoms with Crippen molar-refractivity contribution in [2.75, 3.05) is 4.90 Å². The smallest absolute Gasteiger partial charge is 0.100 e. The van der Waals surface area contributed by atoms with Gasteiger partial charge in [0.2, 0.25) is 0 Å². The Morgan fingerprint density at radius 1 is 0.591 bits per heavy atom. The monoisotopic (exact) mass is 565 g/mol. The number of nitrogens with zero attached hydrogens (tertiary/aromatic N) is 3. The van der Waals surface area contributed by atoms with Crippen molar-refractivity contribution in [3.8, 4) is 12.1 Å². The molecule has 0 bridgehead atoms. The zero-order valence-electron chi connectivity index (χ0n) is 24.7. The topological polar surface area (TPSA) is 50.8 Å². The number of hydrogen-bond acceptors (Lipinski definition) is 3. The lowest BCUT2D eigenvalue weighted by molar-refractivity contribution is 0.686. The minimum atomic E-state index is 0.605. The van der Waals surface area contributed by atoms with Gasteiger partial charge >= 0.3 is 0 Å². The van der Waals surface area contributed by atoms with Crippen LogP contribution < -0.4 is 4.90 Å². The Kier molecular flexibility index (Phi) is 7.15. The normalized spacial score (nSPS) is 12.6. The Balaban J connectivity index is 1.24. The number of nitriles is 2. The summed E-state index contributed by atoms with van der Waals surface area (Å²) in [5, 5.41) is 23.2. The van der Waals surface area contributed by atoms with E-state index in [1.807, 2.05) is 42.5 Å². The number of fused-ring (bicyclic) bond motifs is 3. The molecule has 0 N–H and O–H groups in total. The summed E-state index contributed by atoms with van der Waals surface area (Å²) in [6.07, 6.45) is 8.92. The van der Waals surface area contributed by atoms with Gasteiger partial charge in [0, 0.05) is 38.6 Å². The number of rotatable bonds is 5. The van der Waals surface area contributed by atoms with Gasteiger partial charge in [-0.1, -0.05) is 90.5 Å². The molecule has 0 unspecified atom stereocenters.